The van der Waals surface area contributed by atoms with E-state index >= 15 is 0 Å². The van der Waals surface area contributed by atoms with Crippen molar-refractivity contribution in [3.05, 3.63) is 247 Å². The fourth-order valence-corrected chi connectivity index (χ4v) is 9.75. The zero-order valence-electron chi connectivity index (χ0n) is 35.8. The van der Waals surface area contributed by atoms with Crippen LogP contribution in [0.2, 0.25) is 0 Å². The van der Waals surface area contributed by atoms with Crippen molar-refractivity contribution in [1.29, 1.82) is 0 Å². The minimum atomic E-state index is -0.424. The van der Waals surface area contributed by atoms with Crippen LogP contribution in [-0.4, -0.2) is 25.8 Å². The Labute approximate surface area is 381 Å². The first-order valence-corrected chi connectivity index (χ1v) is 22.4. The Bertz CT molecular complexity index is 3860. The van der Waals surface area contributed by atoms with Gasteiger partial charge in [-0.2, -0.15) is 0 Å². The fraction of sp³-hybridized carbons (Fsp3) is 0.0167. The van der Waals surface area contributed by atoms with Crippen molar-refractivity contribution in [2.24, 2.45) is 9.98 Å². The average molecular weight is 845 g/mol. The van der Waals surface area contributed by atoms with Gasteiger partial charge in [0.1, 0.15) is 17.8 Å². The van der Waals surface area contributed by atoms with E-state index in [1.165, 1.54) is 49.0 Å². The van der Waals surface area contributed by atoms with Crippen LogP contribution in [0.5, 0.6) is 0 Å². The Morgan fingerprint density at radius 1 is 0.379 bits per heavy atom. The number of amidine groups is 2. The number of benzene rings is 9. The van der Waals surface area contributed by atoms with Gasteiger partial charge in [-0.1, -0.05) is 176 Å². The molecule has 1 aliphatic rings. The summed E-state index contributed by atoms with van der Waals surface area (Å²) in [6.07, 6.45) is 1.53. The molecule has 4 heterocycles. The molecule has 6 nitrogen and oxygen atoms in total. The van der Waals surface area contributed by atoms with Gasteiger partial charge in [-0.3, -0.25) is 4.57 Å². The molecular formula is C60H40N6. The molecule has 13 rings (SSSR count). The summed E-state index contributed by atoms with van der Waals surface area (Å²) < 4.78 is 4.71. The molecule has 1 aliphatic heterocycles. The topological polar surface area (TPSA) is 59.5 Å². The lowest BCUT2D eigenvalue weighted by atomic mass is 10.0. The van der Waals surface area contributed by atoms with Gasteiger partial charge in [0, 0.05) is 50.1 Å². The van der Waals surface area contributed by atoms with Crippen molar-refractivity contribution in [2.45, 2.75) is 6.17 Å². The highest BCUT2D eigenvalue weighted by atomic mass is 15.2. The van der Waals surface area contributed by atoms with E-state index in [1.807, 2.05) is 18.3 Å². The highest BCUT2D eigenvalue weighted by molar-refractivity contribution is 6.19. The molecule has 1 unspecified atom stereocenters. The summed E-state index contributed by atoms with van der Waals surface area (Å²) in [6, 6.07) is 79.6. The molecule has 1 atom stereocenters. The number of aliphatic imine (C=N–C) groups is 2. The van der Waals surface area contributed by atoms with Crippen LogP contribution in [0, 0.1) is 0 Å². The van der Waals surface area contributed by atoms with Gasteiger partial charge in [-0.15, -0.1) is 0 Å². The SMILES string of the molecule is c1ccc(-c2ccc(C3=NC(c4ccc(-n5c6ccccc6c6cc7c8ccccc8n(-c8ccc9ccccc9c8)c7cc65)nc4)NC(c4ccc(-c5ccccc5)cc4)=N3)cc2)cc1. The number of nitrogens with one attached hydrogen (secondary N) is 1. The van der Waals surface area contributed by atoms with Crippen molar-refractivity contribution < 1.29 is 0 Å². The number of hydrogen-bond acceptors (Lipinski definition) is 4. The van der Waals surface area contributed by atoms with Gasteiger partial charge in [0.25, 0.3) is 0 Å². The number of pyridine rings is 1. The standard InChI is InChI=1S/C60H40N6/c1-3-13-39(14-4-1)42-23-27-44(28-24-42)58-62-59(45-29-25-43(26-30-45)40-15-5-2-6-16-40)64-60(63-58)47-32-34-57(61-38-47)66-54-22-12-10-20-50(54)52-36-51-49-19-9-11-21-53(49)65(55(51)37-56(52)66)48-33-31-41-17-7-8-18-46(41)35-48/h1-38,60H,(H,62,63,64). The lowest BCUT2D eigenvalue weighted by molar-refractivity contribution is 0.670. The van der Waals surface area contributed by atoms with E-state index in [-0.39, 0.29) is 0 Å². The van der Waals surface area contributed by atoms with Crippen molar-refractivity contribution >= 4 is 66.1 Å². The third-order valence-corrected chi connectivity index (χ3v) is 13.0. The maximum Gasteiger partial charge on any atom is 0.159 e. The Morgan fingerprint density at radius 3 is 1.58 bits per heavy atom. The highest BCUT2D eigenvalue weighted by Crippen LogP contribution is 2.40. The van der Waals surface area contributed by atoms with Crippen LogP contribution in [0.15, 0.2) is 241 Å². The quantitative estimate of drug-likeness (QED) is 0.174. The van der Waals surface area contributed by atoms with Gasteiger partial charge in [-0.25, -0.2) is 15.0 Å². The van der Waals surface area contributed by atoms with E-state index in [1.54, 1.807) is 0 Å². The average Bonchev–Trinajstić information content (AvgIpc) is 3.90. The summed E-state index contributed by atoms with van der Waals surface area (Å²) in [5.41, 5.74) is 13.2. The number of para-hydroxylation sites is 2. The van der Waals surface area contributed by atoms with E-state index in [0.29, 0.717) is 5.84 Å². The molecule has 0 spiro atoms. The number of nitrogens with zero attached hydrogens (tertiary/aromatic N) is 5. The molecule has 0 saturated carbocycles. The number of hydrogen-bond donors (Lipinski definition) is 1. The summed E-state index contributed by atoms with van der Waals surface area (Å²) in [7, 11) is 0. The summed E-state index contributed by atoms with van der Waals surface area (Å²) in [4.78, 5) is 15.6. The molecule has 3 aromatic heterocycles. The van der Waals surface area contributed by atoms with E-state index in [0.717, 1.165) is 61.7 Å². The van der Waals surface area contributed by atoms with Crippen molar-refractivity contribution in [3.8, 4) is 33.8 Å². The van der Waals surface area contributed by atoms with Gasteiger partial charge in [0.05, 0.1) is 22.1 Å². The molecule has 0 aliphatic carbocycles. The lowest BCUT2D eigenvalue weighted by Crippen LogP contribution is -2.33. The maximum absolute atomic E-state index is 5.24. The molecule has 0 radical (unpaired) electrons. The van der Waals surface area contributed by atoms with Crippen molar-refractivity contribution in [1.82, 2.24) is 19.4 Å². The third kappa shape index (κ3) is 6.38. The minimum absolute atomic E-state index is 0.424. The smallest absolute Gasteiger partial charge is 0.159 e. The van der Waals surface area contributed by atoms with Crippen LogP contribution >= 0.6 is 0 Å². The summed E-state index contributed by atoms with van der Waals surface area (Å²) >= 11 is 0. The molecule has 0 bridgehead atoms. The predicted octanol–water partition coefficient (Wildman–Crippen LogP) is 14.3. The highest BCUT2D eigenvalue weighted by Gasteiger charge is 2.23. The normalized spacial score (nSPS) is 13.9. The Kier molecular flexibility index (Phi) is 8.81. The Hall–Kier alpha value is -8.87. The molecule has 0 fully saturated rings. The van der Waals surface area contributed by atoms with E-state index in [9.17, 15) is 0 Å². The monoisotopic (exact) mass is 844 g/mol. The Balaban J connectivity index is 0.916. The second-order valence-electron chi connectivity index (χ2n) is 16.9. The van der Waals surface area contributed by atoms with Crippen molar-refractivity contribution in [3.63, 3.8) is 0 Å². The van der Waals surface area contributed by atoms with E-state index in [4.69, 9.17) is 15.0 Å². The van der Waals surface area contributed by atoms with Crippen molar-refractivity contribution in [2.75, 3.05) is 0 Å². The predicted molar refractivity (Wildman–Crippen MR) is 273 cm³/mol. The molecule has 0 saturated heterocycles. The Morgan fingerprint density at radius 2 is 0.924 bits per heavy atom. The molecule has 9 aromatic carbocycles. The molecular weight excluding hydrogens is 805 g/mol. The van der Waals surface area contributed by atoms with Gasteiger partial charge in [-0.05, 0) is 81.6 Å². The fourth-order valence-electron chi connectivity index (χ4n) is 9.75. The second kappa shape index (κ2) is 15.4. The molecule has 1 N–H and O–H groups in total. The van der Waals surface area contributed by atoms with E-state index in [2.05, 4.69) is 227 Å². The summed E-state index contributed by atoms with van der Waals surface area (Å²) in [6.45, 7) is 0. The number of rotatable bonds is 7. The van der Waals surface area contributed by atoms with E-state index < -0.39 is 6.17 Å². The molecule has 6 heteroatoms. The van der Waals surface area contributed by atoms with Crippen LogP contribution in [0.3, 0.4) is 0 Å². The largest absolute Gasteiger partial charge is 0.344 e. The first kappa shape index (κ1) is 37.7. The minimum Gasteiger partial charge on any atom is -0.344 e. The van der Waals surface area contributed by atoms with Crippen LogP contribution < -0.4 is 5.32 Å². The number of fused-ring (bicyclic) bond motifs is 7. The zero-order valence-corrected chi connectivity index (χ0v) is 35.8. The first-order chi connectivity index (χ1) is 32.7. The van der Waals surface area contributed by atoms with Crippen LogP contribution in [0.25, 0.3) is 88.1 Å². The third-order valence-electron chi connectivity index (χ3n) is 13.0. The van der Waals surface area contributed by atoms with Gasteiger partial charge >= 0.3 is 0 Å². The molecule has 12 aromatic rings. The van der Waals surface area contributed by atoms with Gasteiger partial charge in [0.15, 0.2) is 5.84 Å². The lowest BCUT2D eigenvalue weighted by Gasteiger charge is -2.24. The summed E-state index contributed by atoms with van der Waals surface area (Å²) in [5.74, 6) is 2.26. The van der Waals surface area contributed by atoms with Gasteiger partial charge in [0.2, 0.25) is 0 Å². The zero-order chi connectivity index (χ0) is 43.6. The van der Waals surface area contributed by atoms with Crippen LogP contribution in [0.4, 0.5) is 0 Å². The summed E-state index contributed by atoms with van der Waals surface area (Å²) in [5, 5.41) is 10.9. The van der Waals surface area contributed by atoms with Gasteiger partial charge < -0.3 is 9.88 Å². The van der Waals surface area contributed by atoms with Crippen LogP contribution in [0.1, 0.15) is 22.9 Å². The first-order valence-electron chi connectivity index (χ1n) is 22.4. The number of aromatic nitrogens is 3. The second-order valence-corrected chi connectivity index (χ2v) is 16.9. The van der Waals surface area contributed by atoms with Crippen LogP contribution in [-0.2, 0) is 0 Å². The maximum atomic E-state index is 5.24. The molecule has 310 valence electrons. The molecule has 66 heavy (non-hydrogen) atoms. The molecule has 0 amide bonds.